The van der Waals surface area contributed by atoms with Gasteiger partial charge in [0.15, 0.2) is 0 Å². The molecule has 2 aromatic carbocycles. The van der Waals surface area contributed by atoms with Gasteiger partial charge >= 0.3 is 15.1 Å². The minimum Gasteiger partial charge on any atom is -0.588 e. The maximum absolute atomic E-state index is 6.66. The minimum absolute atomic E-state index is 0.000197. The van der Waals surface area contributed by atoms with Crippen LogP contribution in [0.15, 0.2) is 12.1 Å². The molecule has 0 saturated carbocycles. The number of hydrogen-bond acceptors (Lipinski definition) is 3. The first-order valence-corrected chi connectivity index (χ1v) is 12.8. The van der Waals surface area contributed by atoms with Crippen molar-refractivity contribution < 1.29 is 11.4 Å². The minimum atomic E-state index is -2.53. The molecule has 3 nitrogen and oxygen atoms in total. The third kappa shape index (κ3) is 4.64. The zero-order chi connectivity index (χ0) is 22.3. The summed E-state index contributed by atoms with van der Waals surface area (Å²) in [6, 6.07) is 4.04. The van der Waals surface area contributed by atoms with E-state index in [9.17, 15) is 0 Å². The summed E-state index contributed by atoms with van der Waals surface area (Å²) in [5, 5.41) is 1.52. The average molecular weight is 465 g/mol. The highest BCUT2D eigenvalue weighted by atomic mass is 35.5. The number of benzene rings is 2. The van der Waals surface area contributed by atoms with Crippen LogP contribution in [-0.4, -0.2) is 21.3 Å². The Hall–Kier alpha value is -0.888. The summed E-state index contributed by atoms with van der Waals surface area (Å²) in [4.78, 5) is 0. The Morgan fingerprint density at radius 2 is 1.20 bits per heavy atom. The molecule has 0 unspecified atom stereocenters. The average Bonchev–Trinajstić information content (AvgIpc) is 2.63. The van der Waals surface area contributed by atoms with Gasteiger partial charge in [-0.2, -0.15) is 0 Å². The molecule has 0 bridgehead atoms. The molecule has 0 amide bonds. The lowest BCUT2D eigenvalue weighted by Gasteiger charge is -2.31. The molecule has 6 heteroatoms. The van der Waals surface area contributed by atoms with Gasteiger partial charge in [-0.3, -0.25) is 0 Å². The van der Waals surface area contributed by atoms with E-state index in [1.54, 1.807) is 0 Å². The van der Waals surface area contributed by atoms with E-state index in [1.807, 2.05) is 26.0 Å². The van der Waals surface area contributed by atoms with Gasteiger partial charge in [-0.15, -0.1) is 0 Å². The van der Waals surface area contributed by atoms with Crippen molar-refractivity contribution in [1.82, 2.24) is 0 Å². The SMILES string of the molecule is Cc1c(Cl)cc(C(C)C)c2c1Cc1c(C)c(Cl)cc(C(C)C)c1[O][Al]([O]C(C)C)[O]2. The van der Waals surface area contributed by atoms with Gasteiger partial charge in [-0.05, 0) is 73.9 Å². The summed E-state index contributed by atoms with van der Waals surface area (Å²) in [6.45, 7) is 16.7. The van der Waals surface area contributed by atoms with E-state index >= 15 is 0 Å². The molecule has 1 heterocycles. The molecule has 0 fully saturated rings. The molecule has 3 rings (SSSR count). The third-order valence-corrected chi connectivity index (χ3v) is 8.08. The van der Waals surface area contributed by atoms with Crippen molar-refractivity contribution in [3.05, 3.63) is 55.6 Å². The highest BCUT2D eigenvalue weighted by molar-refractivity contribution is 6.39. The highest BCUT2D eigenvalue weighted by Gasteiger charge is 2.45. The maximum atomic E-state index is 6.66. The van der Waals surface area contributed by atoms with Gasteiger partial charge in [-0.25, -0.2) is 0 Å². The molecule has 0 N–H and O–H groups in total. The van der Waals surface area contributed by atoms with Crippen LogP contribution < -0.4 is 7.58 Å². The molecule has 0 spiro atoms. The molecule has 0 radical (unpaired) electrons. The first-order chi connectivity index (χ1) is 14.0. The summed E-state index contributed by atoms with van der Waals surface area (Å²) in [6.07, 6.45) is 0.658. The maximum Gasteiger partial charge on any atom is 1.10 e. The zero-order valence-corrected chi connectivity index (χ0v) is 21.8. The molecule has 30 heavy (non-hydrogen) atoms. The van der Waals surface area contributed by atoms with Crippen molar-refractivity contribution >= 4 is 38.4 Å². The van der Waals surface area contributed by atoms with Gasteiger partial charge in [-0.1, -0.05) is 50.9 Å². The van der Waals surface area contributed by atoms with Gasteiger partial charge in [0, 0.05) is 33.7 Å². The van der Waals surface area contributed by atoms with Crippen LogP contribution in [0.3, 0.4) is 0 Å². The molecule has 162 valence electrons. The van der Waals surface area contributed by atoms with Crippen molar-refractivity contribution in [2.24, 2.45) is 0 Å². The smallest absolute Gasteiger partial charge is 0.588 e. The zero-order valence-electron chi connectivity index (χ0n) is 19.2. The van der Waals surface area contributed by atoms with E-state index in [0.717, 1.165) is 54.9 Å². The van der Waals surface area contributed by atoms with Crippen LogP contribution in [0.25, 0.3) is 0 Å². The Kier molecular flexibility index (Phi) is 7.38. The summed E-state index contributed by atoms with van der Waals surface area (Å²) >= 11 is 10.8. The second kappa shape index (κ2) is 9.31. The predicted octanol–water partition coefficient (Wildman–Crippen LogP) is 7.63. The quantitative estimate of drug-likeness (QED) is 0.435. The number of halogens is 2. The Bertz CT molecular complexity index is 883. The Labute approximate surface area is 196 Å². The third-order valence-electron chi connectivity index (χ3n) is 5.67. The summed E-state index contributed by atoms with van der Waals surface area (Å²) in [5.41, 5.74) is 6.43. The molecular weight excluding hydrogens is 434 g/mol. The van der Waals surface area contributed by atoms with Crippen molar-refractivity contribution in [3.8, 4) is 11.5 Å². The Balaban J connectivity index is 2.34. The van der Waals surface area contributed by atoms with Crippen LogP contribution >= 0.6 is 23.2 Å². The predicted molar refractivity (Wildman–Crippen MR) is 127 cm³/mol. The van der Waals surface area contributed by atoms with Crippen LogP contribution in [0.5, 0.6) is 11.5 Å². The molecule has 0 aliphatic carbocycles. The lowest BCUT2D eigenvalue weighted by atomic mass is 9.88. The second-order valence-corrected chi connectivity index (χ2v) is 11.1. The molecular formula is C24H31AlCl2O3. The number of hydrogen-bond donors (Lipinski definition) is 0. The van der Waals surface area contributed by atoms with Crippen LogP contribution in [-0.2, 0) is 10.2 Å². The Morgan fingerprint density at radius 1 is 0.800 bits per heavy atom. The second-order valence-electron chi connectivity index (χ2n) is 8.96. The normalized spacial score (nSPS) is 13.7. The van der Waals surface area contributed by atoms with Gasteiger partial charge in [0.25, 0.3) is 0 Å². The van der Waals surface area contributed by atoms with Crippen LogP contribution in [0.2, 0.25) is 10.0 Å². The molecule has 0 saturated heterocycles. The van der Waals surface area contributed by atoms with Gasteiger partial charge < -0.3 is 11.4 Å². The largest absolute Gasteiger partial charge is 1.10 e. The number of rotatable bonds is 4. The fourth-order valence-corrected chi connectivity index (χ4v) is 5.84. The van der Waals surface area contributed by atoms with E-state index in [2.05, 4.69) is 41.5 Å². The lowest BCUT2D eigenvalue weighted by Crippen LogP contribution is -2.38. The molecule has 0 atom stereocenters. The monoisotopic (exact) mass is 464 g/mol. The van der Waals surface area contributed by atoms with E-state index < -0.39 is 15.1 Å². The van der Waals surface area contributed by atoms with Crippen molar-refractivity contribution in [1.29, 1.82) is 0 Å². The van der Waals surface area contributed by atoms with Gasteiger partial charge in [0.05, 0.1) is 11.5 Å². The summed E-state index contributed by atoms with van der Waals surface area (Å²) < 4.78 is 19.3. The van der Waals surface area contributed by atoms with E-state index in [0.29, 0.717) is 6.42 Å². The summed E-state index contributed by atoms with van der Waals surface area (Å²) in [7, 11) is 0. The first-order valence-electron chi connectivity index (χ1n) is 10.6. The van der Waals surface area contributed by atoms with Crippen molar-refractivity contribution in [3.63, 3.8) is 0 Å². The fourth-order valence-electron chi connectivity index (χ4n) is 3.83. The topological polar surface area (TPSA) is 27.7 Å². The van der Waals surface area contributed by atoms with Crippen molar-refractivity contribution in [2.75, 3.05) is 0 Å². The standard InChI is InChI=1S/C21H26Cl2O2.C3H7O.Al/c1-10(2)14-8-18(22)12(5)16(20(14)24)7-17-13(6)19(23)9-15(11(3)4)21(17)25;1-3(2)4;/h8-11,24-25H,7H2,1-6H3;3H,1-2H3;/q;-1;+3/p-2. The van der Waals surface area contributed by atoms with Crippen LogP contribution in [0, 0.1) is 13.8 Å². The van der Waals surface area contributed by atoms with Crippen LogP contribution in [0.1, 0.15) is 86.8 Å². The van der Waals surface area contributed by atoms with E-state index in [-0.39, 0.29) is 17.9 Å². The molecule has 1 aliphatic heterocycles. The fraction of sp³-hybridized carbons (Fsp3) is 0.500. The van der Waals surface area contributed by atoms with E-state index in [4.69, 9.17) is 34.6 Å². The first kappa shape index (κ1) is 23.8. The van der Waals surface area contributed by atoms with Gasteiger partial charge in [0.1, 0.15) is 0 Å². The number of fused-ring (bicyclic) bond motifs is 2. The van der Waals surface area contributed by atoms with Crippen LogP contribution in [0.4, 0.5) is 0 Å². The molecule has 1 aliphatic rings. The lowest BCUT2D eigenvalue weighted by molar-refractivity contribution is 0.152. The molecule has 2 aromatic rings. The molecule has 0 aromatic heterocycles. The highest BCUT2D eigenvalue weighted by Crippen LogP contribution is 2.44. The summed E-state index contributed by atoms with van der Waals surface area (Å²) in [5.74, 6) is 2.24. The van der Waals surface area contributed by atoms with Gasteiger partial charge in [0.2, 0.25) is 0 Å². The van der Waals surface area contributed by atoms with Crippen molar-refractivity contribution in [2.45, 2.75) is 79.8 Å². The van der Waals surface area contributed by atoms with E-state index in [1.165, 1.54) is 0 Å². The Morgan fingerprint density at radius 3 is 1.53 bits per heavy atom.